The highest BCUT2D eigenvalue weighted by atomic mass is 16.6. The fourth-order valence-corrected chi connectivity index (χ4v) is 8.59. The molecule has 2 saturated heterocycles. The summed E-state index contributed by atoms with van der Waals surface area (Å²) in [6.07, 6.45) is 7.74. The highest BCUT2D eigenvalue weighted by molar-refractivity contribution is 5.84. The third-order valence-electron chi connectivity index (χ3n) is 10.2. The largest absolute Gasteiger partial charge is 0.469 e. The first-order valence-electron chi connectivity index (χ1n) is 11.4. The van der Waals surface area contributed by atoms with Crippen LogP contribution in [0, 0.1) is 28.6 Å². The van der Waals surface area contributed by atoms with Crippen molar-refractivity contribution in [2.45, 2.75) is 82.5 Å². The number of carbonyl (C=O) groups excluding carboxylic acids is 3. The molecule has 3 saturated carbocycles. The summed E-state index contributed by atoms with van der Waals surface area (Å²) in [7, 11) is 1.44. The Morgan fingerprint density at radius 3 is 2.67 bits per heavy atom. The summed E-state index contributed by atoms with van der Waals surface area (Å²) in [5.41, 5.74) is -0.191. The molecule has 6 heteroatoms. The highest BCUT2D eigenvalue weighted by Gasteiger charge is 2.83. The molecular formula is C24H30O6. The fraction of sp³-hybridized carbons (Fsp3) is 0.792. The van der Waals surface area contributed by atoms with Gasteiger partial charge in [0.25, 0.3) is 0 Å². The first kappa shape index (κ1) is 19.0. The monoisotopic (exact) mass is 414 g/mol. The van der Waals surface area contributed by atoms with Crippen LogP contribution in [0.25, 0.3) is 0 Å². The summed E-state index contributed by atoms with van der Waals surface area (Å²) in [5, 5.41) is 0. The summed E-state index contributed by atoms with van der Waals surface area (Å²) >= 11 is 0. The minimum atomic E-state index is -0.430. The van der Waals surface area contributed by atoms with Crippen molar-refractivity contribution < 1.29 is 28.6 Å². The molecule has 5 unspecified atom stereocenters. The van der Waals surface area contributed by atoms with Crippen LogP contribution >= 0.6 is 0 Å². The SMILES string of the molecule is COC(=O)[C@@H]1C=C2CC(=O)CCC2(C)[C@@]23OC2CC2(C)C(CC[C@@]24CCC(=O)O4)C13. The molecule has 0 amide bonds. The zero-order valence-electron chi connectivity index (χ0n) is 18.0. The van der Waals surface area contributed by atoms with Crippen LogP contribution < -0.4 is 0 Å². The molecule has 0 aromatic carbocycles. The Labute approximate surface area is 176 Å². The van der Waals surface area contributed by atoms with E-state index in [0.29, 0.717) is 19.3 Å². The van der Waals surface area contributed by atoms with Crippen LogP contribution in [0.3, 0.4) is 0 Å². The third kappa shape index (κ3) is 1.94. The number of epoxide rings is 1. The van der Waals surface area contributed by atoms with Crippen molar-refractivity contribution in [3.63, 3.8) is 0 Å². The molecule has 5 fully saturated rings. The van der Waals surface area contributed by atoms with Crippen LogP contribution in [0.1, 0.15) is 65.2 Å². The summed E-state index contributed by atoms with van der Waals surface area (Å²) in [4.78, 5) is 37.4. The normalized spacial score (nSPS) is 53.2. The van der Waals surface area contributed by atoms with Crippen molar-refractivity contribution >= 4 is 17.7 Å². The van der Waals surface area contributed by atoms with E-state index in [4.69, 9.17) is 14.2 Å². The van der Waals surface area contributed by atoms with Crippen molar-refractivity contribution in [1.82, 2.24) is 0 Å². The quantitative estimate of drug-likeness (QED) is 0.372. The Hall–Kier alpha value is -1.69. The maximum absolute atomic E-state index is 13.0. The number of hydrogen-bond donors (Lipinski definition) is 0. The van der Waals surface area contributed by atoms with E-state index < -0.39 is 17.1 Å². The van der Waals surface area contributed by atoms with E-state index in [-0.39, 0.29) is 46.5 Å². The molecule has 2 spiro atoms. The Bertz CT molecular complexity index is 907. The molecule has 162 valence electrons. The van der Waals surface area contributed by atoms with Crippen LogP contribution in [-0.4, -0.2) is 42.1 Å². The van der Waals surface area contributed by atoms with E-state index in [2.05, 4.69) is 19.9 Å². The van der Waals surface area contributed by atoms with E-state index in [9.17, 15) is 14.4 Å². The maximum atomic E-state index is 13.0. The minimum absolute atomic E-state index is 0.00525. The van der Waals surface area contributed by atoms with Gasteiger partial charge < -0.3 is 14.2 Å². The average Bonchev–Trinajstić information content (AvgIpc) is 3.20. The highest BCUT2D eigenvalue weighted by Crippen LogP contribution is 2.77. The molecule has 6 rings (SSSR count). The van der Waals surface area contributed by atoms with Gasteiger partial charge in [-0.1, -0.05) is 25.5 Å². The average molecular weight is 414 g/mol. The van der Waals surface area contributed by atoms with Gasteiger partial charge in [0, 0.05) is 36.0 Å². The predicted molar refractivity (Wildman–Crippen MR) is 105 cm³/mol. The number of hydrogen-bond acceptors (Lipinski definition) is 6. The lowest BCUT2D eigenvalue weighted by molar-refractivity contribution is -0.169. The molecular weight excluding hydrogens is 384 g/mol. The topological polar surface area (TPSA) is 82.2 Å². The van der Waals surface area contributed by atoms with Crippen LogP contribution in [0.4, 0.5) is 0 Å². The molecule has 0 N–H and O–H groups in total. The Morgan fingerprint density at radius 2 is 1.97 bits per heavy atom. The van der Waals surface area contributed by atoms with Crippen molar-refractivity contribution in [1.29, 1.82) is 0 Å². The summed E-state index contributed by atoms with van der Waals surface area (Å²) < 4.78 is 17.9. The predicted octanol–water partition coefficient (Wildman–Crippen LogP) is 3.12. The van der Waals surface area contributed by atoms with Gasteiger partial charge in [0.05, 0.1) is 19.1 Å². The van der Waals surface area contributed by atoms with Crippen molar-refractivity contribution in [2.75, 3.05) is 7.11 Å². The van der Waals surface area contributed by atoms with Gasteiger partial charge in [-0.3, -0.25) is 14.4 Å². The van der Waals surface area contributed by atoms with Crippen LogP contribution in [-0.2, 0) is 28.6 Å². The zero-order valence-corrected chi connectivity index (χ0v) is 18.0. The molecule has 30 heavy (non-hydrogen) atoms. The zero-order chi connectivity index (χ0) is 21.1. The van der Waals surface area contributed by atoms with E-state index in [0.717, 1.165) is 37.7 Å². The number of ketones is 1. The van der Waals surface area contributed by atoms with Crippen molar-refractivity contribution in [3.05, 3.63) is 11.6 Å². The lowest BCUT2D eigenvalue weighted by atomic mass is 9.44. The van der Waals surface area contributed by atoms with E-state index >= 15 is 0 Å². The number of carbonyl (C=O) groups is 3. The first-order chi connectivity index (χ1) is 14.2. The first-order valence-corrected chi connectivity index (χ1v) is 11.4. The molecule has 0 aromatic rings. The van der Waals surface area contributed by atoms with Gasteiger partial charge in [0.15, 0.2) is 0 Å². The summed E-state index contributed by atoms with van der Waals surface area (Å²) in [6, 6.07) is 0. The van der Waals surface area contributed by atoms with E-state index in [1.165, 1.54) is 7.11 Å². The second-order valence-electron chi connectivity index (χ2n) is 10.9. The van der Waals surface area contributed by atoms with Crippen LogP contribution in [0.15, 0.2) is 11.6 Å². The Morgan fingerprint density at radius 1 is 1.17 bits per heavy atom. The second kappa shape index (κ2) is 5.56. The molecule has 2 heterocycles. The number of rotatable bonds is 1. The second-order valence-corrected chi connectivity index (χ2v) is 10.9. The molecule has 0 radical (unpaired) electrons. The van der Waals surface area contributed by atoms with Gasteiger partial charge in [-0.05, 0) is 38.0 Å². The van der Waals surface area contributed by atoms with Gasteiger partial charge in [0.1, 0.15) is 17.0 Å². The minimum Gasteiger partial charge on any atom is -0.469 e. The summed E-state index contributed by atoms with van der Waals surface area (Å²) in [6.45, 7) is 4.50. The molecule has 8 atom stereocenters. The molecule has 2 aliphatic heterocycles. The molecule has 6 aliphatic rings. The van der Waals surface area contributed by atoms with Crippen molar-refractivity contribution in [3.8, 4) is 0 Å². The van der Waals surface area contributed by atoms with E-state index in [1.807, 2.05) is 0 Å². The molecule has 0 bridgehead atoms. The van der Waals surface area contributed by atoms with Crippen molar-refractivity contribution in [2.24, 2.45) is 28.6 Å². The number of ether oxygens (including phenoxy) is 3. The van der Waals surface area contributed by atoms with Crippen LogP contribution in [0.2, 0.25) is 0 Å². The van der Waals surface area contributed by atoms with Gasteiger partial charge in [0.2, 0.25) is 0 Å². The van der Waals surface area contributed by atoms with Gasteiger partial charge in [-0.25, -0.2) is 0 Å². The number of Topliss-reactive ketones (excluding diaryl/α,β-unsaturated/α-hetero) is 1. The molecule has 4 aliphatic carbocycles. The Balaban J connectivity index is 1.50. The summed E-state index contributed by atoms with van der Waals surface area (Å²) in [5.74, 6) is -0.292. The van der Waals surface area contributed by atoms with E-state index in [1.54, 1.807) is 0 Å². The maximum Gasteiger partial charge on any atom is 0.312 e. The number of methoxy groups -OCH3 is 1. The smallest absolute Gasteiger partial charge is 0.312 e. The fourth-order valence-electron chi connectivity index (χ4n) is 8.59. The lowest BCUT2D eigenvalue weighted by Crippen LogP contribution is -2.62. The third-order valence-corrected chi connectivity index (χ3v) is 10.2. The van der Waals surface area contributed by atoms with Crippen LogP contribution in [0.5, 0.6) is 0 Å². The molecule has 6 nitrogen and oxygen atoms in total. The molecule has 0 aromatic heterocycles. The Kier molecular flexibility index (Phi) is 3.53. The van der Waals surface area contributed by atoms with Gasteiger partial charge >= 0.3 is 11.9 Å². The standard InChI is InChI=1S/C24H30O6/c1-21-7-4-14(25)10-13(21)11-15(20(27)28-3)19-16-5-8-23(9-6-18(26)30-23)22(16,2)12-17-24(19,21)29-17/h11,15-17,19H,4-10,12H2,1-3H3/t15-,16?,17?,19?,21?,22?,23-,24-/m1/s1. The number of fused-ring (bicyclic) bond motifs is 4. The number of esters is 2. The van der Waals surface area contributed by atoms with Gasteiger partial charge in [-0.15, -0.1) is 0 Å². The van der Waals surface area contributed by atoms with Gasteiger partial charge in [-0.2, -0.15) is 0 Å². The lowest BCUT2D eigenvalue weighted by Gasteiger charge is -2.57.